The zero-order chi connectivity index (χ0) is 17.5. The molecule has 0 spiro atoms. The van der Waals surface area contributed by atoms with Crippen molar-refractivity contribution < 1.29 is 14.6 Å². The molecule has 0 unspecified atom stereocenters. The van der Waals surface area contributed by atoms with Crippen molar-refractivity contribution in [1.82, 2.24) is 0 Å². The molecule has 126 valence electrons. The van der Waals surface area contributed by atoms with Gasteiger partial charge in [-0.25, -0.2) is 0 Å². The lowest BCUT2D eigenvalue weighted by atomic mass is 10.2. The summed E-state index contributed by atoms with van der Waals surface area (Å²) in [5.74, 6) is -0.0988. The average Bonchev–Trinajstić information content (AvgIpc) is 2.59. The van der Waals surface area contributed by atoms with Crippen molar-refractivity contribution in [2.24, 2.45) is 0 Å². The fourth-order valence-corrected chi connectivity index (χ4v) is 2.26. The van der Waals surface area contributed by atoms with Crippen LogP contribution in [0, 0.1) is 20.2 Å². The lowest BCUT2D eigenvalue weighted by Gasteiger charge is -2.23. The Morgan fingerprint density at radius 2 is 1.75 bits per heavy atom. The number of nitro benzene ring substituents is 2. The van der Waals surface area contributed by atoms with Crippen LogP contribution in [0.1, 0.15) is 6.92 Å². The lowest BCUT2D eigenvalue weighted by molar-refractivity contribution is -0.389. The van der Waals surface area contributed by atoms with Gasteiger partial charge in [0.2, 0.25) is 5.75 Å². The third-order valence-corrected chi connectivity index (χ3v) is 3.47. The highest BCUT2D eigenvalue weighted by Gasteiger charge is 2.20. The molecule has 0 aromatic heterocycles. The van der Waals surface area contributed by atoms with Crippen molar-refractivity contribution in [1.29, 1.82) is 0 Å². The van der Waals surface area contributed by atoms with E-state index >= 15 is 0 Å². The van der Waals surface area contributed by atoms with Crippen LogP contribution in [0.5, 0.6) is 5.75 Å². The number of non-ortho nitro benzene ring substituents is 1. The Labute approximate surface area is 138 Å². The second-order valence-corrected chi connectivity index (χ2v) is 4.93. The molecular weight excluding hydrogens is 314 g/mol. The van der Waals surface area contributed by atoms with E-state index in [1.165, 1.54) is 0 Å². The van der Waals surface area contributed by atoms with Crippen LogP contribution < -0.4 is 9.64 Å². The minimum Gasteiger partial charge on any atom is -0.485 e. The Morgan fingerprint density at radius 3 is 2.33 bits per heavy atom. The molecule has 2 aromatic rings. The van der Waals surface area contributed by atoms with Gasteiger partial charge >= 0.3 is 5.69 Å². The molecule has 8 heteroatoms. The predicted molar refractivity (Wildman–Crippen MR) is 89.6 cm³/mol. The molecule has 8 nitrogen and oxygen atoms in total. The minimum atomic E-state index is -0.617. The Morgan fingerprint density at radius 1 is 1.04 bits per heavy atom. The SMILES string of the molecule is CCN(CCOc1cc([N+](=O)[O-])ccc1[N+](=O)[O-])c1ccccc1. The van der Waals surface area contributed by atoms with Crippen LogP contribution >= 0.6 is 0 Å². The number of para-hydroxylation sites is 1. The van der Waals surface area contributed by atoms with Crippen molar-refractivity contribution in [3.8, 4) is 5.75 Å². The maximum atomic E-state index is 11.0. The normalized spacial score (nSPS) is 10.2. The number of rotatable bonds is 8. The summed E-state index contributed by atoms with van der Waals surface area (Å²) in [4.78, 5) is 22.7. The molecule has 24 heavy (non-hydrogen) atoms. The van der Waals surface area contributed by atoms with Crippen LogP contribution in [0.3, 0.4) is 0 Å². The first-order valence-electron chi connectivity index (χ1n) is 7.38. The third-order valence-electron chi connectivity index (χ3n) is 3.47. The molecule has 0 saturated heterocycles. The van der Waals surface area contributed by atoms with Gasteiger partial charge in [0, 0.05) is 24.4 Å². The Balaban J connectivity index is 2.09. The van der Waals surface area contributed by atoms with E-state index in [4.69, 9.17) is 4.74 Å². The Kier molecular flexibility index (Phi) is 5.67. The number of anilines is 1. The van der Waals surface area contributed by atoms with Crippen LogP contribution in [0.25, 0.3) is 0 Å². The van der Waals surface area contributed by atoms with Gasteiger partial charge in [-0.15, -0.1) is 0 Å². The van der Waals surface area contributed by atoms with Crippen molar-refractivity contribution in [3.05, 3.63) is 68.8 Å². The van der Waals surface area contributed by atoms with Crippen LogP contribution in [-0.4, -0.2) is 29.5 Å². The fraction of sp³-hybridized carbons (Fsp3) is 0.250. The lowest BCUT2D eigenvalue weighted by Crippen LogP contribution is -2.28. The topological polar surface area (TPSA) is 98.8 Å². The van der Waals surface area contributed by atoms with E-state index < -0.39 is 9.85 Å². The van der Waals surface area contributed by atoms with Gasteiger partial charge in [-0.3, -0.25) is 20.2 Å². The van der Waals surface area contributed by atoms with E-state index in [1.54, 1.807) is 0 Å². The van der Waals surface area contributed by atoms with E-state index in [2.05, 4.69) is 0 Å². The van der Waals surface area contributed by atoms with Gasteiger partial charge in [0.1, 0.15) is 6.61 Å². The van der Waals surface area contributed by atoms with Crippen LogP contribution in [-0.2, 0) is 0 Å². The fourth-order valence-electron chi connectivity index (χ4n) is 2.26. The maximum absolute atomic E-state index is 11.0. The Bertz CT molecular complexity index is 721. The molecule has 0 aliphatic rings. The standard InChI is InChI=1S/C16H17N3O5/c1-2-17(13-6-4-3-5-7-13)10-11-24-16-12-14(18(20)21)8-9-15(16)19(22)23/h3-9,12H,2,10-11H2,1H3. The molecule has 0 aliphatic heterocycles. The van der Waals surface area contributed by atoms with E-state index in [0.29, 0.717) is 6.54 Å². The zero-order valence-electron chi connectivity index (χ0n) is 13.1. The summed E-state index contributed by atoms with van der Waals surface area (Å²) in [5.41, 5.74) is 0.478. The molecule has 0 saturated carbocycles. The first-order chi connectivity index (χ1) is 11.5. The molecule has 0 N–H and O–H groups in total. The summed E-state index contributed by atoms with van der Waals surface area (Å²) >= 11 is 0. The van der Waals surface area contributed by atoms with Crippen molar-refractivity contribution >= 4 is 17.1 Å². The van der Waals surface area contributed by atoms with Gasteiger partial charge in [-0.05, 0) is 19.1 Å². The average molecular weight is 331 g/mol. The van der Waals surface area contributed by atoms with Crippen molar-refractivity contribution in [2.45, 2.75) is 6.92 Å². The number of benzene rings is 2. The van der Waals surface area contributed by atoms with E-state index in [-0.39, 0.29) is 23.7 Å². The van der Waals surface area contributed by atoms with Crippen molar-refractivity contribution in [3.63, 3.8) is 0 Å². The zero-order valence-corrected chi connectivity index (χ0v) is 13.1. The number of hydrogen-bond donors (Lipinski definition) is 0. The number of likely N-dealkylation sites (N-methyl/N-ethyl adjacent to an activating group) is 1. The number of nitro groups is 2. The van der Waals surface area contributed by atoms with Crippen LogP contribution in [0.4, 0.5) is 17.1 Å². The smallest absolute Gasteiger partial charge is 0.311 e. The van der Waals surface area contributed by atoms with Crippen LogP contribution in [0.2, 0.25) is 0 Å². The van der Waals surface area contributed by atoms with Gasteiger partial charge in [0.05, 0.1) is 22.5 Å². The second kappa shape index (κ2) is 7.91. The molecule has 0 amide bonds. The predicted octanol–water partition coefficient (Wildman–Crippen LogP) is 3.41. The second-order valence-electron chi connectivity index (χ2n) is 4.93. The maximum Gasteiger partial charge on any atom is 0.311 e. The van der Waals surface area contributed by atoms with Gasteiger partial charge in [0.15, 0.2) is 0 Å². The van der Waals surface area contributed by atoms with E-state index in [9.17, 15) is 20.2 Å². The summed E-state index contributed by atoms with van der Waals surface area (Å²) in [7, 11) is 0. The molecule has 0 atom stereocenters. The number of ether oxygens (including phenoxy) is 1. The molecule has 2 aromatic carbocycles. The van der Waals surface area contributed by atoms with Gasteiger partial charge in [0.25, 0.3) is 5.69 Å². The minimum absolute atomic E-state index is 0.0988. The molecular formula is C16H17N3O5. The van der Waals surface area contributed by atoms with Crippen molar-refractivity contribution in [2.75, 3.05) is 24.6 Å². The highest BCUT2D eigenvalue weighted by Crippen LogP contribution is 2.31. The Hall–Kier alpha value is -3.16. The molecule has 0 bridgehead atoms. The monoisotopic (exact) mass is 331 g/mol. The molecule has 0 aliphatic carbocycles. The summed E-state index contributed by atoms with van der Waals surface area (Å²) in [6.07, 6.45) is 0. The first kappa shape index (κ1) is 17.2. The molecule has 0 radical (unpaired) electrons. The number of hydrogen-bond acceptors (Lipinski definition) is 6. The largest absolute Gasteiger partial charge is 0.485 e. The molecule has 2 rings (SSSR count). The van der Waals surface area contributed by atoms with Gasteiger partial charge in [-0.1, -0.05) is 18.2 Å². The van der Waals surface area contributed by atoms with Gasteiger partial charge in [-0.2, -0.15) is 0 Å². The molecule has 0 fully saturated rings. The quantitative estimate of drug-likeness (QED) is 0.543. The molecule has 0 heterocycles. The summed E-state index contributed by atoms with van der Waals surface area (Å²) < 4.78 is 5.46. The number of nitrogens with zero attached hydrogens (tertiary/aromatic N) is 3. The summed E-state index contributed by atoms with van der Waals surface area (Å²) in [6, 6.07) is 12.9. The van der Waals surface area contributed by atoms with Gasteiger partial charge < -0.3 is 9.64 Å². The highest BCUT2D eigenvalue weighted by atomic mass is 16.6. The third kappa shape index (κ3) is 4.19. The van der Waals surface area contributed by atoms with Crippen LogP contribution in [0.15, 0.2) is 48.5 Å². The summed E-state index contributed by atoms with van der Waals surface area (Å²) in [6.45, 7) is 3.40. The first-order valence-corrected chi connectivity index (χ1v) is 7.38. The highest BCUT2D eigenvalue weighted by molar-refractivity contribution is 5.53. The van der Waals surface area contributed by atoms with E-state index in [0.717, 1.165) is 30.4 Å². The summed E-state index contributed by atoms with van der Waals surface area (Å²) in [5, 5.41) is 21.8. The van der Waals surface area contributed by atoms with E-state index in [1.807, 2.05) is 42.2 Å².